The first-order chi connectivity index (χ1) is 10.9. The van der Waals surface area contributed by atoms with Crippen molar-refractivity contribution in [2.75, 3.05) is 0 Å². The maximum Gasteiger partial charge on any atom is 0.271 e. The van der Waals surface area contributed by atoms with Crippen LogP contribution in [0.3, 0.4) is 0 Å². The lowest BCUT2D eigenvalue weighted by atomic mass is 9.99. The number of amides is 1. The van der Waals surface area contributed by atoms with E-state index >= 15 is 0 Å². The Bertz CT molecular complexity index is 728. The fourth-order valence-electron chi connectivity index (χ4n) is 3.23. The minimum atomic E-state index is -2.98. The predicted octanol–water partition coefficient (Wildman–Crippen LogP) is 3.88. The molecule has 0 radical (unpaired) electrons. The lowest BCUT2D eigenvalue weighted by molar-refractivity contribution is 0.0180. The Morgan fingerprint density at radius 3 is 2.57 bits per heavy atom. The number of carbonyl (C=O) groups is 1. The summed E-state index contributed by atoms with van der Waals surface area (Å²) in [4.78, 5) is 11.5. The predicted molar refractivity (Wildman–Crippen MR) is 83.3 cm³/mol. The quantitative estimate of drug-likeness (QED) is 0.929. The van der Waals surface area contributed by atoms with Gasteiger partial charge in [0.25, 0.3) is 11.8 Å². The average molecular weight is 319 g/mol. The van der Waals surface area contributed by atoms with Crippen LogP contribution in [-0.4, -0.2) is 15.7 Å². The number of benzene rings is 1. The summed E-state index contributed by atoms with van der Waals surface area (Å²) in [5.41, 5.74) is 6.30. The molecule has 23 heavy (non-hydrogen) atoms. The van der Waals surface area contributed by atoms with Crippen LogP contribution in [0.4, 0.5) is 8.78 Å². The number of hydrogen-bond acceptors (Lipinski definition) is 2. The highest BCUT2D eigenvalue weighted by atomic mass is 19.3. The smallest absolute Gasteiger partial charge is 0.271 e. The molecule has 0 unspecified atom stereocenters. The van der Waals surface area contributed by atoms with Crippen LogP contribution in [0, 0.1) is 0 Å². The fourth-order valence-corrected chi connectivity index (χ4v) is 3.23. The van der Waals surface area contributed by atoms with Crippen molar-refractivity contribution in [1.29, 1.82) is 0 Å². The second-order valence-electron chi connectivity index (χ2n) is 6.10. The summed E-state index contributed by atoms with van der Waals surface area (Å²) in [6, 6.07) is 7.98. The van der Waals surface area contributed by atoms with Crippen molar-refractivity contribution in [2.45, 2.75) is 44.6 Å². The van der Waals surface area contributed by atoms with Crippen LogP contribution >= 0.6 is 0 Å². The number of nitrogens with zero attached hydrogens (tertiary/aromatic N) is 2. The van der Waals surface area contributed by atoms with Gasteiger partial charge in [0.2, 0.25) is 0 Å². The van der Waals surface area contributed by atoms with E-state index in [1.807, 2.05) is 0 Å². The molecule has 6 heteroatoms. The zero-order chi connectivity index (χ0) is 16.6. The minimum absolute atomic E-state index is 0.0739. The topological polar surface area (TPSA) is 60.9 Å². The van der Waals surface area contributed by atoms with E-state index in [0.717, 1.165) is 32.6 Å². The zero-order valence-electron chi connectivity index (χ0n) is 12.9. The Kier molecular flexibility index (Phi) is 3.92. The molecule has 2 aromatic rings. The monoisotopic (exact) mass is 319 g/mol. The highest BCUT2D eigenvalue weighted by molar-refractivity contribution is 5.92. The summed E-state index contributed by atoms with van der Waals surface area (Å²) in [7, 11) is 0. The van der Waals surface area contributed by atoms with Crippen LogP contribution in [0.25, 0.3) is 11.3 Å². The summed E-state index contributed by atoms with van der Waals surface area (Å²) in [6.45, 7) is 0.872. The van der Waals surface area contributed by atoms with E-state index in [1.165, 1.54) is 12.1 Å². The molecular formula is C17H19F2N3O. The van der Waals surface area contributed by atoms with Crippen molar-refractivity contribution in [2.24, 2.45) is 5.73 Å². The van der Waals surface area contributed by atoms with Crippen LogP contribution in [0.5, 0.6) is 0 Å². The number of halogens is 2. The molecule has 3 rings (SSSR count). The first kappa shape index (κ1) is 15.6. The molecule has 2 N–H and O–H groups in total. The molecule has 0 bridgehead atoms. The van der Waals surface area contributed by atoms with E-state index in [0.29, 0.717) is 11.3 Å². The van der Waals surface area contributed by atoms with Gasteiger partial charge in [-0.3, -0.25) is 9.48 Å². The third-order valence-corrected chi connectivity index (χ3v) is 4.33. The second-order valence-corrected chi connectivity index (χ2v) is 6.10. The molecule has 4 nitrogen and oxygen atoms in total. The number of nitrogens with two attached hydrogens (primary N) is 1. The van der Waals surface area contributed by atoms with Gasteiger partial charge in [0.15, 0.2) is 5.69 Å². The number of rotatable bonds is 4. The van der Waals surface area contributed by atoms with E-state index in [4.69, 9.17) is 5.73 Å². The fraction of sp³-hybridized carbons (Fsp3) is 0.412. The Hall–Kier alpha value is -2.24. The van der Waals surface area contributed by atoms with Crippen molar-refractivity contribution in [3.8, 4) is 11.3 Å². The van der Waals surface area contributed by atoms with Crippen molar-refractivity contribution in [1.82, 2.24) is 9.78 Å². The Labute approximate surface area is 133 Å². The number of hydrogen-bond donors (Lipinski definition) is 1. The van der Waals surface area contributed by atoms with Gasteiger partial charge in [-0.2, -0.15) is 5.10 Å². The first-order valence-corrected chi connectivity index (χ1v) is 7.75. The van der Waals surface area contributed by atoms with E-state index in [1.54, 1.807) is 22.9 Å². The SMILES string of the molecule is CC(F)(F)c1ccccc1-c1cc(C(N)=O)nn1C1CCCC1. The molecule has 1 aromatic heterocycles. The van der Waals surface area contributed by atoms with Crippen molar-refractivity contribution in [3.63, 3.8) is 0 Å². The van der Waals surface area contributed by atoms with Gasteiger partial charge in [-0.1, -0.05) is 37.1 Å². The van der Waals surface area contributed by atoms with E-state index in [-0.39, 0.29) is 17.3 Å². The normalized spacial score (nSPS) is 16.0. The summed E-state index contributed by atoms with van der Waals surface area (Å²) >= 11 is 0. The Morgan fingerprint density at radius 1 is 1.30 bits per heavy atom. The second kappa shape index (κ2) is 5.76. The molecule has 0 atom stereocenters. The molecule has 122 valence electrons. The van der Waals surface area contributed by atoms with E-state index < -0.39 is 11.8 Å². The van der Waals surface area contributed by atoms with Crippen LogP contribution in [0.15, 0.2) is 30.3 Å². The molecular weight excluding hydrogens is 300 g/mol. The van der Waals surface area contributed by atoms with Gasteiger partial charge in [0, 0.05) is 18.1 Å². The molecule has 1 aliphatic carbocycles. The molecule has 0 saturated heterocycles. The van der Waals surface area contributed by atoms with E-state index in [9.17, 15) is 13.6 Å². The highest BCUT2D eigenvalue weighted by Crippen LogP contribution is 2.39. The standard InChI is InChI=1S/C17H19F2N3O/c1-17(18,19)13-9-5-4-8-12(13)15-10-14(16(20)23)21-22(15)11-6-2-3-7-11/h4-5,8-11H,2-3,6-7H2,1H3,(H2,20,23). The van der Waals surface area contributed by atoms with Crippen molar-refractivity contribution >= 4 is 5.91 Å². The first-order valence-electron chi connectivity index (χ1n) is 7.75. The van der Waals surface area contributed by atoms with Crippen molar-refractivity contribution in [3.05, 3.63) is 41.6 Å². The van der Waals surface area contributed by atoms with Gasteiger partial charge in [-0.05, 0) is 18.9 Å². The number of alkyl halides is 2. The van der Waals surface area contributed by atoms with Gasteiger partial charge < -0.3 is 5.73 Å². The number of carbonyl (C=O) groups excluding carboxylic acids is 1. The average Bonchev–Trinajstić information content (AvgIpc) is 3.15. The molecule has 1 fully saturated rings. The van der Waals surface area contributed by atoms with Crippen molar-refractivity contribution < 1.29 is 13.6 Å². The molecule has 1 aliphatic rings. The molecule has 1 saturated carbocycles. The number of aromatic nitrogens is 2. The zero-order valence-corrected chi connectivity index (χ0v) is 12.9. The summed E-state index contributed by atoms with van der Waals surface area (Å²) in [5.74, 6) is -3.63. The molecule has 1 heterocycles. The third-order valence-electron chi connectivity index (χ3n) is 4.33. The van der Waals surface area contributed by atoms with Gasteiger partial charge in [-0.25, -0.2) is 8.78 Å². The Morgan fingerprint density at radius 2 is 1.96 bits per heavy atom. The molecule has 1 aromatic carbocycles. The molecule has 0 spiro atoms. The van der Waals surface area contributed by atoms with E-state index in [2.05, 4.69) is 5.10 Å². The third kappa shape index (κ3) is 2.98. The minimum Gasteiger partial charge on any atom is -0.364 e. The van der Waals surface area contributed by atoms with Gasteiger partial charge in [-0.15, -0.1) is 0 Å². The lowest BCUT2D eigenvalue weighted by Crippen LogP contribution is -2.15. The maximum atomic E-state index is 14.0. The largest absolute Gasteiger partial charge is 0.364 e. The lowest BCUT2D eigenvalue weighted by Gasteiger charge is -2.19. The number of primary amides is 1. The molecule has 0 aliphatic heterocycles. The van der Waals surface area contributed by atoms with Crippen LogP contribution in [0.2, 0.25) is 0 Å². The van der Waals surface area contributed by atoms with Gasteiger partial charge in [0.1, 0.15) is 0 Å². The van der Waals surface area contributed by atoms with Gasteiger partial charge >= 0.3 is 0 Å². The molecule has 1 amide bonds. The van der Waals surface area contributed by atoms with Crippen LogP contribution in [-0.2, 0) is 5.92 Å². The van der Waals surface area contributed by atoms with Crippen LogP contribution in [0.1, 0.15) is 54.7 Å². The van der Waals surface area contributed by atoms with Crippen LogP contribution < -0.4 is 5.73 Å². The highest BCUT2D eigenvalue weighted by Gasteiger charge is 2.30. The summed E-state index contributed by atoms with van der Waals surface area (Å²) in [5, 5.41) is 4.29. The summed E-state index contributed by atoms with van der Waals surface area (Å²) < 4.78 is 29.6. The summed E-state index contributed by atoms with van der Waals surface area (Å²) in [6.07, 6.45) is 4.00. The Balaban J connectivity index is 2.18. The van der Waals surface area contributed by atoms with Gasteiger partial charge in [0.05, 0.1) is 11.7 Å². The maximum absolute atomic E-state index is 14.0.